The van der Waals surface area contributed by atoms with Gasteiger partial charge in [0.25, 0.3) is 0 Å². The van der Waals surface area contributed by atoms with Crippen molar-refractivity contribution in [2.24, 2.45) is 0 Å². The number of aromatic nitrogens is 1. The van der Waals surface area contributed by atoms with Crippen molar-refractivity contribution in [3.63, 3.8) is 0 Å². The Kier molecular flexibility index (Phi) is 5.85. The molecule has 2 heterocycles. The Morgan fingerprint density at radius 3 is 2.73 bits per heavy atom. The summed E-state index contributed by atoms with van der Waals surface area (Å²) >= 11 is 0. The van der Waals surface area contributed by atoms with Crippen molar-refractivity contribution >= 4 is 10.0 Å². The number of hydrogen-bond acceptors (Lipinski definition) is 5. The predicted molar refractivity (Wildman–Crippen MR) is 94.8 cm³/mol. The van der Waals surface area contributed by atoms with Crippen LogP contribution in [0, 0.1) is 12.7 Å². The van der Waals surface area contributed by atoms with E-state index in [0.29, 0.717) is 24.3 Å². The molecule has 1 fully saturated rings. The molecule has 6 nitrogen and oxygen atoms in total. The highest BCUT2D eigenvalue weighted by atomic mass is 32.2. The van der Waals surface area contributed by atoms with E-state index in [1.54, 1.807) is 12.3 Å². The molecular formula is C18H21FN2O4S. The number of hydrogen-bond donors (Lipinski definition) is 1. The second-order valence-electron chi connectivity index (χ2n) is 6.27. The molecule has 1 aromatic carbocycles. The molecule has 0 saturated carbocycles. The molecule has 3 rings (SSSR count). The lowest BCUT2D eigenvalue weighted by molar-refractivity contribution is -0.00942. The number of benzene rings is 1. The van der Waals surface area contributed by atoms with Gasteiger partial charge in [-0.1, -0.05) is 12.1 Å². The van der Waals surface area contributed by atoms with Gasteiger partial charge in [0, 0.05) is 12.3 Å². The fourth-order valence-electron chi connectivity index (χ4n) is 2.73. The highest BCUT2D eigenvalue weighted by molar-refractivity contribution is 7.88. The Balaban J connectivity index is 1.66. The first kappa shape index (κ1) is 18.8. The number of sulfonamides is 1. The van der Waals surface area contributed by atoms with Gasteiger partial charge >= 0.3 is 0 Å². The fraction of sp³-hybridized carbons (Fsp3) is 0.389. The molecule has 1 aliphatic heterocycles. The second-order valence-corrected chi connectivity index (χ2v) is 8.02. The summed E-state index contributed by atoms with van der Waals surface area (Å²) in [6, 6.07) is 8.63. The summed E-state index contributed by atoms with van der Waals surface area (Å²) in [6.45, 7) is 2.62. The minimum absolute atomic E-state index is 0.219. The monoisotopic (exact) mass is 380 g/mol. The van der Waals surface area contributed by atoms with E-state index < -0.39 is 28.0 Å². The predicted octanol–water partition coefficient (Wildman–Crippen LogP) is 2.19. The molecule has 1 aromatic heterocycles. The van der Waals surface area contributed by atoms with E-state index in [2.05, 4.69) is 9.71 Å². The second kappa shape index (κ2) is 8.11. The van der Waals surface area contributed by atoms with Gasteiger partial charge in [0.05, 0.1) is 24.6 Å². The fourth-order valence-corrected chi connectivity index (χ4v) is 4.18. The standard InChI is InChI=1S/C18H21FN2O4S/c1-13-2-7-16(10-20-13)25-18-11-24-9-8-17(18)21-26(22,23)12-14-3-5-15(19)6-4-14/h2-7,10,17-18,21H,8-9,11-12H2,1H3/t17-,18+/m1/s1. The molecule has 140 valence electrons. The third-order valence-corrected chi connectivity index (χ3v) is 5.45. The lowest BCUT2D eigenvalue weighted by Gasteiger charge is -2.32. The average Bonchev–Trinajstić information content (AvgIpc) is 2.60. The van der Waals surface area contributed by atoms with E-state index in [1.165, 1.54) is 24.3 Å². The zero-order valence-electron chi connectivity index (χ0n) is 14.4. The zero-order valence-corrected chi connectivity index (χ0v) is 15.2. The summed E-state index contributed by atoms with van der Waals surface area (Å²) in [5.74, 6) is -0.0544. The van der Waals surface area contributed by atoms with Crippen LogP contribution in [0.15, 0.2) is 42.6 Å². The number of halogens is 1. The van der Waals surface area contributed by atoms with Crippen LogP contribution in [0.3, 0.4) is 0 Å². The maximum Gasteiger partial charge on any atom is 0.216 e. The highest BCUT2D eigenvalue weighted by Gasteiger charge is 2.31. The van der Waals surface area contributed by atoms with Gasteiger partial charge in [0.2, 0.25) is 10.0 Å². The van der Waals surface area contributed by atoms with Crippen molar-refractivity contribution in [3.8, 4) is 5.75 Å². The largest absolute Gasteiger partial charge is 0.485 e. The zero-order chi connectivity index (χ0) is 18.6. The Bertz CT molecular complexity index is 825. The van der Waals surface area contributed by atoms with Gasteiger partial charge in [-0.2, -0.15) is 0 Å². The minimum Gasteiger partial charge on any atom is -0.485 e. The summed E-state index contributed by atoms with van der Waals surface area (Å²) in [7, 11) is -3.60. The average molecular weight is 380 g/mol. The van der Waals surface area contributed by atoms with Crippen molar-refractivity contribution in [2.45, 2.75) is 31.2 Å². The van der Waals surface area contributed by atoms with Crippen LogP contribution in [0.2, 0.25) is 0 Å². The third kappa shape index (κ3) is 5.23. The van der Waals surface area contributed by atoms with Gasteiger partial charge in [-0.25, -0.2) is 17.5 Å². The molecule has 8 heteroatoms. The summed E-state index contributed by atoms with van der Waals surface area (Å²) < 4.78 is 51.9. The highest BCUT2D eigenvalue weighted by Crippen LogP contribution is 2.18. The first-order valence-corrected chi connectivity index (χ1v) is 9.98. The topological polar surface area (TPSA) is 77.5 Å². The van der Waals surface area contributed by atoms with Crippen LogP contribution in [0.25, 0.3) is 0 Å². The van der Waals surface area contributed by atoms with Crippen LogP contribution in [-0.2, 0) is 20.5 Å². The third-order valence-electron chi connectivity index (χ3n) is 4.08. The molecule has 1 saturated heterocycles. The molecule has 0 radical (unpaired) electrons. The number of nitrogens with zero attached hydrogens (tertiary/aromatic N) is 1. The van der Waals surface area contributed by atoms with Gasteiger partial charge < -0.3 is 9.47 Å². The number of nitrogens with one attached hydrogen (secondary N) is 1. The van der Waals surface area contributed by atoms with Crippen LogP contribution >= 0.6 is 0 Å². The van der Waals surface area contributed by atoms with E-state index in [9.17, 15) is 12.8 Å². The van der Waals surface area contributed by atoms with Crippen molar-refractivity contribution in [3.05, 3.63) is 59.7 Å². The number of ether oxygens (including phenoxy) is 2. The summed E-state index contributed by atoms with van der Waals surface area (Å²) in [5.41, 5.74) is 1.39. The van der Waals surface area contributed by atoms with Gasteiger partial charge in [-0.15, -0.1) is 0 Å². The number of rotatable bonds is 6. The Labute approximate surface area is 152 Å². The van der Waals surface area contributed by atoms with Crippen LogP contribution in [0.5, 0.6) is 5.75 Å². The van der Waals surface area contributed by atoms with Crippen molar-refractivity contribution < 1.29 is 22.3 Å². The Morgan fingerprint density at radius 1 is 1.27 bits per heavy atom. The van der Waals surface area contributed by atoms with E-state index in [4.69, 9.17) is 9.47 Å². The summed E-state index contributed by atoms with van der Waals surface area (Å²) in [5, 5.41) is 0. The minimum atomic E-state index is -3.60. The number of pyridine rings is 1. The molecule has 2 aromatic rings. The maximum absolute atomic E-state index is 13.0. The number of aryl methyl sites for hydroxylation is 1. The first-order valence-electron chi connectivity index (χ1n) is 8.33. The SMILES string of the molecule is Cc1ccc(O[C@H]2COCC[C@H]2NS(=O)(=O)Cc2ccc(F)cc2)cn1. The molecule has 1 aliphatic rings. The summed E-state index contributed by atoms with van der Waals surface area (Å²) in [4.78, 5) is 4.17. The molecule has 2 atom stereocenters. The van der Waals surface area contributed by atoms with E-state index >= 15 is 0 Å². The van der Waals surface area contributed by atoms with Gasteiger partial charge in [-0.05, 0) is 43.2 Å². The molecule has 0 spiro atoms. The summed E-state index contributed by atoms with van der Waals surface area (Å²) in [6.07, 6.45) is 1.66. The van der Waals surface area contributed by atoms with Crippen LogP contribution in [0.1, 0.15) is 17.7 Å². The maximum atomic E-state index is 13.0. The van der Waals surface area contributed by atoms with Crippen LogP contribution in [0.4, 0.5) is 4.39 Å². The van der Waals surface area contributed by atoms with E-state index in [-0.39, 0.29) is 12.4 Å². The lowest BCUT2D eigenvalue weighted by Crippen LogP contribution is -2.51. The molecule has 0 aliphatic carbocycles. The molecule has 0 amide bonds. The molecule has 1 N–H and O–H groups in total. The van der Waals surface area contributed by atoms with E-state index in [1.807, 2.05) is 13.0 Å². The van der Waals surface area contributed by atoms with Crippen molar-refractivity contribution in [1.29, 1.82) is 0 Å². The Morgan fingerprint density at radius 2 is 2.04 bits per heavy atom. The van der Waals surface area contributed by atoms with E-state index in [0.717, 1.165) is 5.69 Å². The van der Waals surface area contributed by atoms with Gasteiger partial charge in [0.15, 0.2) is 0 Å². The van der Waals surface area contributed by atoms with Gasteiger partial charge in [-0.3, -0.25) is 4.98 Å². The molecule has 26 heavy (non-hydrogen) atoms. The van der Waals surface area contributed by atoms with Crippen LogP contribution < -0.4 is 9.46 Å². The smallest absolute Gasteiger partial charge is 0.216 e. The molecular weight excluding hydrogens is 359 g/mol. The van der Waals surface area contributed by atoms with Crippen molar-refractivity contribution in [1.82, 2.24) is 9.71 Å². The first-order chi connectivity index (χ1) is 12.4. The van der Waals surface area contributed by atoms with Crippen LogP contribution in [-0.4, -0.2) is 38.8 Å². The van der Waals surface area contributed by atoms with Crippen molar-refractivity contribution in [2.75, 3.05) is 13.2 Å². The molecule has 0 unspecified atom stereocenters. The molecule has 0 bridgehead atoms. The normalized spacial score (nSPS) is 20.7. The lowest BCUT2D eigenvalue weighted by atomic mass is 10.1. The quantitative estimate of drug-likeness (QED) is 0.831. The van der Waals surface area contributed by atoms with Gasteiger partial charge in [0.1, 0.15) is 17.7 Å². The Hall–Kier alpha value is -2.03.